The molecule has 39 heavy (non-hydrogen) atoms. The lowest BCUT2D eigenvalue weighted by Gasteiger charge is -2.36. The number of rotatable bonds is 6. The Kier molecular flexibility index (Phi) is 7.58. The molecule has 0 aliphatic carbocycles. The number of esters is 1. The first-order valence-corrected chi connectivity index (χ1v) is 13.4. The molecular weight excluding hydrogens is 547 g/mol. The number of piperidine rings is 1. The molecule has 5 rings (SSSR count). The highest BCUT2D eigenvalue weighted by molar-refractivity contribution is 7.11. The van der Waals surface area contributed by atoms with E-state index in [0.717, 1.165) is 0 Å². The van der Waals surface area contributed by atoms with Crippen molar-refractivity contribution in [2.75, 3.05) is 25.1 Å². The molecule has 1 atom stereocenters. The zero-order chi connectivity index (χ0) is 27.7. The molecule has 2 aliphatic heterocycles. The smallest absolute Gasteiger partial charge is 0.354 e. The maximum atomic E-state index is 14.5. The molecule has 1 fully saturated rings. The van der Waals surface area contributed by atoms with Crippen LogP contribution in [0.25, 0.3) is 0 Å². The number of carbonyl (C=O) groups is 2. The number of aromatic carboxylic acids is 1. The van der Waals surface area contributed by atoms with Crippen LogP contribution in [0.5, 0.6) is 0 Å². The fourth-order valence-electron chi connectivity index (χ4n) is 4.80. The van der Waals surface area contributed by atoms with Crippen LogP contribution >= 0.6 is 22.9 Å². The van der Waals surface area contributed by atoms with Gasteiger partial charge >= 0.3 is 11.9 Å². The van der Waals surface area contributed by atoms with Gasteiger partial charge in [0.25, 0.3) is 0 Å². The number of nitrogens with one attached hydrogen (secondary N) is 1. The lowest BCUT2D eigenvalue weighted by Crippen LogP contribution is -2.42. The van der Waals surface area contributed by atoms with Crippen LogP contribution in [-0.2, 0) is 9.53 Å². The highest BCUT2D eigenvalue weighted by Gasteiger charge is 2.38. The number of hydrogen-bond acceptors (Lipinski definition) is 10. The van der Waals surface area contributed by atoms with Gasteiger partial charge in [-0.05, 0) is 25.8 Å². The number of thiazole rings is 1. The molecule has 2 N–H and O–H groups in total. The van der Waals surface area contributed by atoms with E-state index in [1.165, 1.54) is 36.8 Å². The summed E-state index contributed by atoms with van der Waals surface area (Å²) >= 11 is 7.74. The molecule has 0 radical (unpaired) electrons. The van der Waals surface area contributed by atoms with E-state index in [9.17, 15) is 19.1 Å². The van der Waals surface area contributed by atoms with Crippen LogP contribution in [0.15, 0.2) is 52.2 Å². The maximum absolute atomic E-state index is 14.5. The average Bonchev–Trinajstić information content (AvgIpc) is 3.49. The van der Waals surface area contributed by atoms with Crippen molar-refractivity contribution in [1.82, 2.24) is 20.3 Å². The van der Waals surface area contributed by atoms with Crippen molar-refractivity contribution < 1.29 is 23.8 Å². The van der Waals surface area contributed by atoms with E-state index in [1.54, 1.807) is 19.2 Å². The number of benzene rings is 1. The minimum Gasteiger partial charge on any atom is -0.476 e. The summed E-state index contributed by atoms with van der Waals surface area (Å²) < 4.78 is 19.6. The van der Waals surface area contributed by atoms with Crippen LogP contribution in [0, 0.1) is 18.7 Å². The van der Waals surface area contributed by atoms with Gasteiger partial charge in [0.1, 0.15) is 11.9 Å². The van der Waals surface area contributed by atoms with Gasteiger partial charge in [-0.3, -0.25) is 4.99 Å². The summed E-state index contributed by atoms with van der Waals surface area (Å²) in [6.45, 7) is 2.68. The third kappa shape index (κ3) is 5.21. The first-order valence-electron chi connectivity index (χ1n) is 12.1. The molecule has 3 aromatic rings. The number of anilines is 1. The third-order valence-corrected chi connectivity index (χ3v) is 7.92. The minimum absolute atomic E-state index is 0.0362. The number of aryl methyl sites for hydroxylation is 1. The standard InChI is InChI=1S/C26H24ClFN6O4S/c1-13-12-30-26(33-19(13)24(35)36)34-9-6-14(7-10-34)20-17(25(37)38-2)21(15-4-3-5-16(28)18(15)27)32-22(31-20)23-29-8-11-39-23/h3-5,8,11-12,14,21H,6-7,9-10H2,1-2H3,(H,31,32)(H,35,36). The number of carbonyl (C=O) groups excluding carboxylic acids is 1. The van der Waals surface area contributed by atoms with Crippen molar-refractivity contribution >= 4 is 46.7 Å². The Hall–Kier alpha value is -3.90. The highest BCUT2D eigenvalue weighted by atomic mass is 35.5. The summed E-state index contributed by atoms with van der Waals surface area (Å²) in [5, 5.41) is 15.1. The lowest BCUT2D eigenvalue weighted by atomic mass is 9.85. The summed E-state index contributed by atoms with van der Waals surface area (Å²) in [5.74, 6) is -1.66. The zero-order valence-electron chi connectivity index (χ0n) is 21.0. The van der Waals surface area contributed by atoms with Gasteiger partial charge in [0, 0.05) is 53.6 Å². The summed E-state index contributed by atoms with van der Waals surface area (Å²) in [6.07, 6.45) is 4.34. The zero-order valence-corrected chi connectivity index (χ0v) is 22.6. The predicted molar refractivity (Wildman–Crippen MR) is 144 cm³/mol. The second-order valence-electron chi connectivity index (χ2n) is 9.07. The number of aliphatic imine (C=N–C) groups is 1. The molecule has 0 saturated carbocycles. The number of ether oxygens (including phenoxy) is 1. The summed E-state index contributed by atoms with van der Waals surface area (Å²) in [7, 11) is 1.29. The number of carboxylic acid groups (broad SMARTS) is 1. The van der Waals surface area contributed by atoms with Crippen LogP contribution in [0.4, 0.5) is 10.3 Å². The van der Waals surface area contributed by atoms with Crippen LogP contribution < -0.4 is 10.2 Å². The topological polar surface area (TPSA) is 130 Å². The summed E-state index contributed by atoms with van der Waals surface area (Å²) in [4.78, 5) is 44.3. The number of amidine groups is 1. The van der Waals surface area contributed by atoms with Gasteiger partial charge in [-0.15, -0.1) is 11.3 Å². The second-order valence-corrected chi connectivity index (χ2v) is 10.3. The van der Waals surface area contributed by atoms with Gasteiger partial charge in [0.15, 0.2) is 16.5 Å². The molecule has 1 aromatic carbocycles. The number of methoxy groups -OCH3 is 1. The molecule has 2 aromatic heterocycles. The fourth-order valence-corrected chi connectivity index (χ4v) is 5.61. The Morgan fingerprint density at radius 1 is 1.26 bits per heavy atom. The lowest BCUT2D eigenvalue weighted by molar-refractivity contribution is -0.136. The number of nitrogens with zero attached hydrogens (tertiary/aromatic N) is 5. The molecule has 13 heteroatoms. The Labute approximate surface area is 232 Å². The normalized spacial score (nSPS) is 18.0. The first kappa shape index (κ1) is 26.7. The van der Waals surface area contributed by atoms with Crippen LogP contribution in [0.3, 0.4) is 0 Å². The van der Waals surface area contributed by atoms with Crippen molar-refractivity contribution in [1.29, 1.82) is 0 Å². The monoisotopic (exact) mass is 570 g/mol. The van der Waals surface area contributed by atoms with E-state index >= 15 is 0 Å². The molecule has 202 valence electrons. The minimum atomic E-state index is -1.11. The summed E-state index contributed by atoms with van der Waals surface area (Å²) in [5.41, 5.74) is 1.66. The number of carboxylic acids is 1. The Balaban J connectivity index is 1.51. The van der Waals surface area contributed by atoms with E-state index in [-0.39, 0.29) is 22.2 Å². The third-order valence-electron chi connectivity index (χ3n) is 6.74. The molecule has 0 amide bonds. The molecular formula is C26H24ClFN6O4S. The van der Waals surface area contributed by atoms with Gasteiger partial charge in [0.05, 0.1) is 17.7 Å². The van der Waals surface area contributed by atoms with Gasteiger partial charge in [-0.1, -0.05) is 23.7 Å². The number of halogens is 2. The summed E-state index contributed by atoms with van der Waals surface area (Å²) in [6, 6.07) is 3.51. The SMILES string of the molecule is COC(=O)C1=C(C2CCN(c3ncc(C)c(C(=O)O)n3)CC2)NC(c2nccs2)=NC1c1cccc(F)c1Cl. The molecule has 2 aliphatic rings. The van der Waals surface area contributed by atoms with E-state index in [2.05, 4.69) is 20.3 Å². The first-order chi connectivity index (χ1) is 18.8. The molecule has 10 nitrogen and oxygen atoms in total. The number of allylic oxidation sites excluding steroid dienone is 1. The molecule has 0 bridgehead atoms. The van der Waals surface area contributed by atoms with Crippen molar-refractivity contribution in [2.45, 2.75) is 25.8 Å². The fraction of sp³-hybridized carbons (Fsp3) is 0.308. The van der Waals surface area contributed by atoms with E-state index in [4.69, 9.17) is 21.3 Å². The van der Waals surface area contributed by atoms with Gasteiger partial charge in [0.2, 0.25) is 5.95 Å². The molecule has 1 saturated heterocycles. The Morgan fingerprint density at radius 2 is 2.03 bits per heavy atom. The van der Waals surface area contributed by atoms with Crippen molar-refractivity contribution in [3.05, 3.63) is 79.9 Å². The quantitative estimate of drug-likeness (QED) is 0.419. The van der Waals surface area contributed by atoms with E-state index < -0.39 is 23.8 Å². The molecule has 1 unspecified atom stereocenters. The van der Waals surface area contributed by atoms with Crippen molar-refractivity contribution in [2.24, 2.45) is 10.9 Å². The molecule has 0 spiro atoms. The number of hydrogen-bond donors (Lipinski definition) is 2. The van der Waals surface area contributed by atoms with Gasteiger partial charge in [-0.2, -0.15) is 0 Å². The van der Waals surface area contributed by atoms with Crippen LogP contribution in [0.1, 0.15) is 45.5 Å². The Bertz CT molecular complexity index is 1490. The maximum Gasteiger partial charge on any atom is 0.354 e. The van der Waals surface area contributed by atoms with Crippen molar-refractivity contribution in [3.8, 4) is 0 Å². The average molecular weight is 571 g/mol. The van der Waals surface area contributed by atoms with E-state index in [1.807, 2.05) is 10.3 Å². The molecule has 4 heterocycles. The van der Waals surface area contributed by atoms with Gasteiger partial charge < -0.3 is 20.1 Å². The van der Waals surface area contributed by atoms with Crippen molar-refractivity contribution in [3.63, 3.8) is 0 Å². The van der Waals surface area contributed by atoms with Gasteiger partial charge in [-0.25, -0.2) is 28.9 Å². The Morgan fingerprint density at radius 3 is 2.69 bits per heavy atom. The highest BCUT2D eigenvalue weighted by Crippen LogP contribution is 2.40. The predicted octanol–water partition coefficient (Wildman–Crippen LogP) is 4.17. The second kappa shape index (κ2) is 11.1. The van der Waals surface area contributed by atoms with Crippen LogP contribution in [0.2, 0.25) is 5.02 Å². The van der Waals surface area contributed by atoms with Crippen LogP contribution in [-0.4, -0.2) is 58.0 Å². The number of aromatic nitrogens is 3. The largest absolute Gasteiger partial charge is 0.476 e. The van der Waals surface area contributed by atoms with E-state index in [0.29, 0.717) is 59.5 Å².